The molecule has 0 saturated carbocycles. The minimum absolute atomic E-state index is 0.380. The number of rotatable bonds is 3. The number of esters is 1. The molecule has 6 heteroatoms. The summed E-state index contributed by atoms with van der Waals surface area (Å²) in [5, 5.41) is 5.96. The molecule has 0 amide bonds. The van der Waals surface area contributed by atoms with Crippen molar-refractivity contribution in [3.8, 4) is 0 Å². The second kappa shape index (κ2) is 6.01. The van der Waals surface area contributed by atoms with Crippen LogP contribution in [0.25, 0.3) is 11.0 Å². The van der Waals surface area contributed by atoms with Gasteiger partial charge in [0.15, 0.2) is 5.65 Å². The summed E-state index contributed by atoms with van der Waals surface area (Å²) in [5.74, 6) is -0.380. The molecular weight excluding hydrogens is 314 g/mol. The molecule has 0 unspecified atom stereocenters. The summed E-state index contributed by atoms with van der Waals surface area (Å²) in [6, 6.07) is 9.31. The van der Waals surface area contributed by atoms with E-state index in [1.165, 1.54) is 7.11 Å². The molecule has 0 aliphatic heterocycles. The lowest BCUT2D eigenvalue weighted by molar-refractivity contribution is 0.0602. The smallest absolute Gasteiger partial charge is 0.338 e. The van der Waals surface area contributed by atoms with Gasteiger partial charge in [-0.05, 0) is 37.6 Å². The third-order valence-corrected chi connectivity index (χ3v) is 3.91. The van der Waals surface area contributed by atoms with Crippen LogP contribution in [0.1, 0.15) is 27.3 Å². The minimum atomic E-state index is -0.380. The van der Waals surface area contributed by atoms with Crippen molar-refractivity contribution in [2.75, 3.05) is 7.11 Å². The molecule has 3 rings (SSSR count). The van der Waals surface area contributed by atoms with Crippen LogP contribution in [0.15, 0.2) is 30.3 Å². The summed E-state index contributed by atoms with van der Waals surface area (Å²) in [4.78, 5) is 16.6. The summed E-state index contributed by atoms with van der Waals surface area (Å²) in [6.07, 6.45) is 0. The average molecular weight is 330 g/mol. The second-order valence-electron chi connectivity index (χ2n) is 5.37. The van der Waals surface area contributed by atoms with Gasteiger partial charge in [-0.3, -0.25) is 0 Å². The Balaban J connectivity index is 2.13. The van der Waals surface area contributed by atoms with E-state index in [0.717, 1.165) is 22.3 Å². The zero-order chi connectivity index (χ0) is 16.6. The van der Waals surface area contributed by atoms with E-state index >= 15 is 0 Å². The summed E-state index contributed by atoms with van der Waals surface area (Å²) in [5.41, 5.74) is 3.73. The second-order valence-corrected chi connectivity index (χ2v) is 5.81. The Morgan fingerprint density at radius 2 is 1.96 bits per heavy atom. The van der Waals surface area contributed by atoms with Crippen molar-refractivity contribution in [3.05, 3.63) is 57.9 Å². The number of methoxy groups -OCH3 is 1. The van der Waals surface area contributed by atoms with Crippen LogP contribution in [0.4, 0.5) is 0 Å². The summed E-state index contributed by atoms with van der Waals surface area (Å²) >= 11 is 5.92. The van der Waals surface area contributed by atoms with Crippen molar-refractivity contribution in [1.29, 1.82) is 0 Å². The number of halogens is 1. The molecule has 0 radical (unpaired) electrons. The lowest BCUT2D eigenvalue weighted by Crippen LogP contribution is -2.06. The van der Waals surface area contributed by atoms with E-state index in [4.69, 9.17) is 16.3 Å². The third-order valence-electron chi connectivity index (χ3n) is 3.66. The van der Waals surface area contributed by atoms with E-state index in [2.05, 4.69) is 10.1 Å². The number of fused-ring (bicyclic) bond motifs is 1. The highest BCUT2D eigenvalue weighted by Gasteiger charge is 2.19. The molecule has 0 atom stereocenters. The van der Waals surface area contributed by atoms with Crippen molar-refractivity contribution in [2.24, 2.45) is 0 Å². The molecular formula is C17H16ClN3O2. The van der Waals surface area contributed by atoms with Crippen molar-refractivity contribution < 1.29 is 9.53 Å². The first-order chi connectivity index (χ1) is 11.0. The summed E-state index contributed by atoms with van der Waals surface area (Å²) in [6.45, 7) is 4.27. The van der Waals surface area contributed by atoms with Gasteiger partial charge in [0.2, 0.25) is 0 Å². The van der Waals surface area contributed by atoms with E-state index in [9.17, 15) is 4.79 Å². The largest absolute Gasteiger partial charge is 0.465 e. The Kier molecular flexibility index (Phi) is 4.05. The highest BCUT2D eigenvalue weighted by atomic mass is 35.5. The van der Waals surface area contributed by atoms with Crippen LogP contribution in [0, 0.1) is 13.8 Å². The zero-order valence-electron chi connectivity index (χ0n) is 13.1. The Labute approximate surface area is 138 Å². The van der Waals surface area contributed by atoms with Crippen LogP contribution >= 0.6 is 11.6 Å². The topological polar surface area (TPSA) is 57.0 Å². The van der Waals surface area contributed by atoms with Crippen LogP contribution in [-0.2, 0) is 11.3 Å². The number of pyridine rings is 1. The van der Waals surface area contributed by atoms with Crippen LogP contribution in [0.2, 0.25) is 5.02 Å². The third kappa shape index (κ3) is 2.92. The van der Waals surface area contributed by atoms with Gasteiger partial charge in [-0.1, -0.05) is 23.7 Å². The maximum atomic E-state index is 12.0. The molecule has 2 aromatic heterocycles. The number of carbonyl (C=O) groups excluding carboxylic acids is 1. The number of ether oxygens (including phenoxy) is 1. The van der Waals surface area contributed by atoms with Crippen molar-refractivity contribution in [1.82, 2.24) is 14.8 Å². The number of nitrogens with zero attached hydrogens (tertiary/aromatic N) is 3. The van der Waals surface area contributed by atoms with Gasteiger partial charge in [0.05, 0.1) is 30.3 Å². The summed E-state index contributed by atoms with van der Waals surface area (Å²) < 4.78 is 6.68. The lowest BCUT2D eigenvalue weighted by Gasteiger charge is -2.06. The maximum Gasteiger partial charge on any atom is 0.338 e. The van der Waals surface area contributed by atoms with Gasteiger partial charge in [0.25, 0.3) is 0 Å². The van der Waals surface area contributed by atoms with E-state index in [1.807, 2.05) is 38.1 Å². The van der Waals surface area contributed by atoms with Crippen LogP contribution in [-0.4, -0.2) is 27.8 Å². The van der Waals surface area contributed by atoms with E-state index in [1.54, 1.807) is 10.7 Å². The Morgan fingerprint density at radius 1 is 1.26 bits per heavy atom. The fourth-order valence-electron chi connectivity index (χ4n) is 2.62. The molecule has 0 aliphatic rings. The Hall–Kier alpha value is -2.40. The SMILES string of the molecule is COC(=O)c1cc(C)nc2c1c(C)nn2Cc1ccc(Cl)cc1. The molecule has 23 heavy (non-hydrogen) atoms. The van der Waals surface area contributed by atoms with Gasteiger partial charge in [0.1, 0.15) is 0 Å². The molecule has 118 valence electrons. The van der Waals surface area contributed by atoms with Crippen LogP contribution < -0.4 is 0 Å². The molecule has 2 heterocycles. The molecule has 1 aromatic carbocycles. The van der Waals surface area contributed by atoms with Crippen LogP contribution in [0.5, 0.6) is 0 Å². The van der Waals surface area contributed by atoms with E-state index in [0.29, 0.717) is 22.8 Å². The highest BCUT2D eigenvalue weighted by molar-refractivity contribution is 6.30. The zero-order valence-corrected chi connectivity index (χ0v) is 13.9. The Morgan fingerprint density at radius 3 is 2.61 bits per heavy atom. The molecule has 0 saturated heterocycles. The Bertz CT molecular complexity index is 885. The molecule has 0 fully saturated rings. The average Bonchev–Trinajstić information content (AvgIpc) is 2.84. The number of carbonyl (C=O) groups is 1. The van der Waals surface area contributed by atoms with Gasteiger partial charge in [0, 0.05) is 10.7 Å². The summed E-state index contributed by atoms with van der Waals surface area (Å²) in [7, 11) is 1.37. The van der Waals surface area contributed by atoms with Gasteiger partial charge in [-0.2, -0.15) is 5.10 Å². The van der Waals surface area contributed by atoms with Crippen molar-refractivity contribution >= 4 is 28.6 Å². The number of aromatic nitrogens is 3. The molecule has 0 N–H and O–H groups in total. The van der Waals surface area contributed by atoms with Crippen LogP contribution in [0.3, 0.4) is 0 Å². The molecule has 5 nitrogen and oxygen atoms in total. The monoisotopic (exact) mass is 329 g/mol. The minimum Gasteiger partial charge on any atom is -0.465 e. The van der Waals surface area contributed by atoms with Crippen molar-refractivity contribution in [3.63, 3.8) is 0 Å². The fraction of sp³-hybridized carbons (Fsp3) is 0.235. The molecule has 0 aliphatic carbocycles. The normalized spacial score (nSPS) is 11.0. The number of hydrogen-bond acceptors (Lipinski definition) is 4. The van der Waals surface area contributed by atoms with Gasteiger partial charge >= 0.3 is 5.97 Å². The standard InChI is InChI=1S/C17H16ClN3O2/c1-10-8-14(17(22)23-3)15-11(2)20-21(16(15)19-10)9-12-4-6-13(18)7-5-12/h4-8H,9H2,1-3H3. The predicted octanol–water partition coefficient (Wildman–Crippen LogP) is 3.54. The van der Waals surface area contributed by atoms with Gasteiger partial charge < -0.3 is 4.74 Å². The van der Waals surface area contributed by atoms with E-state index in [-0.39, 0.29) is 5.97 Å². The first kappa shape index (κ1) is 15.5. The number of benzene rings is 1. The van der Waals surface area contributed by atoms with Crippen molar-refractivity contribution in [2.45, 2.75) is 20.4 Å². The quantitative estimate of drug-likeness (QED) is 0.690. The number of aryl methyl sites for hydroxylation is 2. The molecule has 3 aromatic rings. The predicted molar refractivity (Wildman–Crippen MR) is 88.9 cm³/mol. The molecule has 0 bridgehead atoms. The van der Waals surface area contributed by atoms with Gasteiger partial charge in [-0.25, -0.2) is 14.5 Å². The maximum absolute atomic E-state index is 12.0. The fourth-order valence-corrected chi connectivity index (χ4v) is 2.75. The van der Waals surface area contributed by atoms with E-state index < -0.39 is 0 Å². The lowest BCUT2D eigenvalue weighted by atomic mass is 10.1. The highest BCUT2D eigenvalue weighted by Crippen LogP contribution is 2.24. The molecule has 0 spiro atoms. The number of hydrogen-bond donors (Lipinski definition) is 0. The first-order valence-electron chi connectivity index (χ1n) is 7.17. The van der Waals surface area contributed by atoms with Gasteiger partial charge in [-0.15, -0.1) is 0 Å². The first-order valence-corrected chi connectivity index (χ1v) is 7.55.